The fraction of sp³-hybridized carbons (Fsp3) is 0.429. The Morgan fingerprint density at radius 2 is 2.15 bits per heavy atom. The maximum Gasteiger partial charge on any atom is 0.313 e. The highest BCUT2D eigenvalue weighted by Gasteiger charge is 2.19. The number of aliphatic carboxylic acids is 1. The van der Waals surface area contributed by atoms with Gasteiger partial charge in [0.15, 0.2) is 5.16 Å². The average Bonchev–Trinajstić information content (AvgIpc) is 2.72. The average molecular weight is 404 g/mol. The van der Waals surface area contributed by atoms with Gasteiger partial charge in [0, 0.05) is 9.61 Å². The quantitative estimate of drug-likeness (QED) is 0.604. The second-order valence-corrected chi connectivity index (χ2v) is 7.25. The molecule has 0 aliphatic carbocycles. The fourth-order valence-corrected chi connectivity index (χ4v) is 3.26. The van der Waals surface area contributed by atoms with Gasteiger partial charge in [-0.2, -0.15) is 0 Å². The zero-order valence-corrected chi connectivity index (χ0v) is 14.6. The van der Waals surface area contributed by atoms with Gasteiger partial charge in [-0.15, -0.1) is 0 Å². The molecule has 1 unspecified atom stereocenters. The minimum absolute atomic E-state index is 0.0330. The summed E-state index contributed by atoms with van der Waals surface area (Å²) in [6, 6.07) is 6.43. The van der Waals surface area contributed by atoms with Crippen molar-refractivity contribution in [1.82, 2.24) is 9.55 Å². The number of carbonyl (C=O) groups is 1. The Morgan fingerprint density at radius 1 is 1.45 bits per heavy atom. The summed E-state index contributed by atoms with van der Waals surface area (Å²) in [4.78, 5) is 15.4. The van der Waals surface area contributed by atoms with Gasteiger partial charge in [-0.1, -0.05) is 25.6 Å². The Hall–Kier alpha value is -0.760. The molecule has 1 N–H and O–H groups in total. The maximum atomic E-state index is 10.8. The second-order valence-electron chi connectivity index (χ2n) is 5.06. The first-order chi connectivity index (χ1) is 9.40. The van der Waals surface area contributed by atoms with Gasteiger partial charge in [0.1, 0.15) is 0 Å². The van der Waals surface area contributed by atoms with Crippen LogP contribution in [0.25, 0.3) is 11.0 Å². The summed E-state index contributed by atoms with van der Waals surface area (Å²) in [6.45, 7) is 6.47. The summed E-state index contributed by atoms with van der Waals surface area (Å²) in [6.07, 6.45) is 0. The van der Waals surface area contributed by atoms with Gasteiger partial charge in [0.05, 0.1) is 16.8 Å². The third-order valence-corrected chi connectivity index (χ3v) is 4.92. The van der Waals surface area contributed by atoms with Gasteiger partial charge in [-0.25, -0.2) is 4.98 Å². The van der Waals surface area contributed by atoms with Gasteiger partial charge in [0.2, 0.25) is 0 Å². The van der Waals surface area contributed by atoms with E-state index in [4.69, 9.17) is 5.11 Å². The number of thioether (sulfide) groups is 1. The molecular formula is C14H17IN2O2S. The number of imidazole rings is 1. The van der Waals surface area contributed by atoms with Crippen LogP contribution >= 0.6 is 34.4 Å². The molecule has 1 heterocycles. The van der Waals surface area contributed by atoms with E-state index in [0.717, 1.165) is 19.8 Å². The molecule has 0 radical (unpaired) electrons. The van der Waals surface area contributed by atoms with Crippen molar-refractivity contribution in [1.29, 1.82) is 0 Å². The van der Waals surface area contributed by atoms with E-state index in [1.807, 2.05) is 6.07 Å². The van der Waals surface area contributed by atoms with Crippen LogP contribution in [0.4, 0.5) is 0 Å². The number of benzene rings is 1. The topological polar surface area (TPSA) is 55.1 Å². The first-order valence-electron chi connectivity index (χ1n) is 6.42. The van der Waals surface area contributed by atoms with E-state index in [-0.39, 0.29) is 11.8 Å². The number of fused-ring (bicyclic) bond motifs is 1. The molecule has 1 atom stereocenters. The molecule has 20 heavy (non-hydrogen) atoms. The molecule has 0 saturated carbocycles. The lowest BCUT2D eigenvalue weighted by molar-refractivity contribution is -0.133. The highest BCUT2D eigenvalue weighted by molar-refractivity contribution is 14.1. The molecular weight excluding hydrogens is 387 g/mol. The van der Waals surface area contributed by atoms with E-state index < -0.39 is 5.97 Å². The normalized spacial score (nSPS) is 13.1. The van der Waals surface area contributed by atoms with Gasteiger partial charge >= 0.3 is 5.97 Å². The van der Waals surface area contributed by atoms with Crippen LogP contribution in [0.2, 0.25) is 0 Å². The Morgan fingerprint density at radius 3 is 2.75 bits per heavy atom. The van der Waals surface area contributed by atoms with Crippen LogP contribution < -0.4 is 0 Å². The van der Waals surface area contributed by atoms with Crippen LogP contribution in [0, 0.1) is 9.49 Å². The third kappa shape index (κ3) is 3.28. The third-order valence-electron chi connectivity index (χ3n) is 3.32. The van der Waals surface area contributed by atoms with Crippen molar-refractivity contribution in [2.75, 3.05) is 5.75 Å². The standard InChI is InChI=1S/C14H17IN2O2S/c1-8(2)9(3)17-12-5-4-10(15)6-11(12)16-14(17)20-7-13(18)19/h4-6,8-9H,7H2,1-3H3,(H,18,19). The molecule has 6 heteroatoms. The van der Waals surface area contributed by atoms with Gasteiger partial charge in [-0.05, 0) is 53.6 Å². The number of aromatic nitrogens is 2. The number of hydrogen-bond donors (Lipinski definition) is 1. The van der Waals surface area contributed by atoms with Crippen LogP contribution in [0.5, 0.6) is 0 Å². The zero-order chi connectivity index (χ0) is 14.9. The molecule has 0 saturated heterocycles. The Balaban J connectivity index is 2.53. The zero-order valence-electron chi connectivity index (χ0n) is 11.6. The molecule has 0 aliphatic heterocycles. The predicted molar refractivity (Wildman–Crippen MR) is 90.4 cm³/mol. The number of rotatable bonds is 5. The van der Waals surface area contributed by atoms with Crippen molar-refractivity contribution in [2.45, 2.75) is 32.0 Å². The smallest absolute Gasteiger partial charge is 0.313 e. The molecule has 2 rings (SSSR count). The van der Waals surface area contributed by atoms with Crippen molar-refractivity contribution in [2.24, 2.45) is 5.92 Å². The van der Waals surface area contributed by atoms with Crippen LogP contribution in [-0.2, 0) is 4.79 Å². The largest absolute Gasteiger partial charge is 0.481 e. The fourth-order valence-electron chi connectivity index (χ4n) is 1.97. The van der Waals surface area contributed by atoms with E-state index >= 15 is 0 Å². The predicted octanol–water partition coefficient (Wildman–Crippen LogP) is 4.03. The van der Waals surface area contributed by atoms with E-state index in [2.05, 4.69) is 65.0 Å². The summed E-state index contributed by atoms with van der Waals surface area (Å²) < 4.78 is 3.29. The van der Waals surface area contributed by atoms with E-state index in [1.54, 1.807) is 0 Å². The number of hydrogen-bond acceptors (Lipinski definition) is 3. The molecule has 1 aromatic heterocycles. The molecule has 0 amide bonds. The first kappa shape index (κ1) is 15.6. The van der Waals surface area contributed by atoms with Crippen molar-refractivity contribution in [3.05, 3.63) is 21.8 Å². The highest BCUT2D eigenvalue weighted by Crippen LogP contribution is 2.31. The maximum absolute atomic E-state index is 10.8. The van der Waals surface area contributed by atoms with E-state index in [9.17, 15) is 4.79 Å². The van der Waals surface area contributed by atoms with Crippen molar-refractivity contribution in [3.63, 3.8) is 0 Å². The van der Waals surface area contributed by atoms with Gasteiger partial charge < -0.3 is 9.67 Å². The van der Waals surface area contributed by atoms with Crippen LogP contribution in [0.15, 0.2) is 23.4 Å². The lowest BCUT2D eigenvalue weighted by Crippen LogP contribution is -2.13. The summed E-state index contributed by atoms with van der Waals surface area (Å²) in [7, 11) is 0. The van der Waals surface area contributed by atoms with Crippen molar-refractivity contribution >= 4 is 51.4 Å². The first-order valence-corrected chi connectivity index (χ1v) is 8.48. The minimum atomic E-state index is -0.819. The molecule has 1 aromatic carbocycles. The summed E-state index contributed by atoms with van der Waals surface area (Å²) >= 11 is 3.54. The van der Waals surface area contributed by atoms with Crippen LogP contribution in [0.1, 0.15) is 26.8 Å². The lowest BCUT2D eigenvalue weighted by Gasteiger charge is -2.20. The monoisotopic (exact) mass is 404 g/mol. The number of carboxylic acids is 1. The Labute approximate surface area is 136 Å². The second kappa shape index (κ2) is 6.34. The molecule has 108 valence electrons. The summed E-state index contributed by atoms with van der Waals surface area (Å²) in [5.74, 6) is -0.332. The number of nitrogens with zero attached hydrogens (tertiary/aromatic N) is 2. The van der Waals surface area contributed by atoms with Gasteiger partial charge in [-0.3, -0.25) is 4.79 Å². The summed E-state index contributed by atoms with van der Waals surface area (Å²) in [5.41, 5.74) is 2.00. The van der Waals surface area contributed by atoms with E-state index in [0.29, 0.717) is 5.92 Å². The molecule has 2 aromatic rings. The van der Waals surface area contributed by atoms with Crippen molar-refractivity contribution < 1.29 is 9.90 Å². The highest BCUT2D eigenvalue weighted by atomic mass is 127. The summed E-state index contributed by atoms with van der Waals surface area (Å²) in [5, 5.41) is 9.66. The molecule has 0 bridgehead atoms. The molecule has 0 spiro atoms. The number of halogens is 1. The Bertz CT molecular complexity index is 639. The molecule has 4 nitrogen and oxygen atoms in total. The van der Waals surface area contributed by atoms with Crippen LogP contribution in [-0.4, -0.2) is 26.4 Å². The number of carboxylic acid groups (broad SMARTS) is 1. The molecule has 0 aliphatic rings. The Kier molecular flexibility index (Phi) is 4.95. The van der Waals surface area contributed by atoms with E-state index in [1.165, 1.54) is 11.8 Å². The van der Waals surface area contributed by atoms with Crippen molar-refractivity contribution in [3.8, 4) is 0 Å². The van der Waals surface area contributed by atoms with Crippen LogP contribution in [0.3, 0.4) is 0 Å². The molecule has 0 fully saturated rings. The SMILES string of the molecule is CC(C)C(C)n1c(SCC(=O)O)nc2cc(I)ccc21. The van der Waals surface area contributed by atoms with Gasteiger partial charge in [0.25, 0.3) is 0 Å². The lowest BCUT2D eigenvalue weighted by atomic mass is 10.1. The minimum Gasteiger partial charge on any atom is -0.481 e.